The summed E-state index contributed by atoms with van der Waals surface area (Å²) in [7, 11) is 0. The molecule has 2 N–H and O–H groups in total. The number of rotatable bonds is 4. The van der Waals surface area contributed by atoms with Crippen LogP contribution in [-0.2, 0) is 0 Å². The first-order valence-corrected chi connectivity index (χ1v) is 6.05. The normalized spacial score (nSPS) is 15.0. The zero-order valence-electron chi connectivity index (χ0n) is 8.77. The van der Waals surface area contributed by atoms with Gasteiger partial charge < -0.3 is 10.2 Å². The van der Waals surface area contributed by atoms with Gasteiger partial charge in [0.2, 0.25) is 0 Å². The van der Waals surface area contributed by atoms with Crippen molar-refractivity contribution in [1.82, 2.24) is 0 Å². The molecule has 0 aliphatic heterocycles. The highest BCUT2D eigenvalue weighted by molar-refractivity contribution is 8.00. The van der Waals surface area contributed by atoms with E-state index in [9.17, 15) is 5.11 Å². The molecule has 0 radical (unpaired) electrons. The molecular formula is C11H15ClO2S. The van der Waals surface area contributed by atoms with Gasteiger partial charge in [-0.15, -0.1) is 11.8 Å². The first-order valence-electron chi connectivity index (χ1n) is 4.79. The number of hydrogen-bond acceptors (Lipinski definition) is 3. The maximum absolute atomic E-state index is 9.36. The van der Waals surface area contributed by atoms with Crippen LogP contribution in [0.2, 0.25) is 5.02 Å². The van der Waals surface area contributed by atoms with Crippen molar-refractivity contribution in [3.63, 3.8) is 0 Å². The quantitative estimate of drug-likeness (QED) is 0.803. The Kier molecular flexibility index (Phi) is 4.93. The van der Waals surface area contributed by atoms with Crippen LogP contribution in [0.4, 0.5) is 0 Å². The van der Waals surface area contributed by atoms with Crippen LogP contribution in [0, 0.1) is 0 Å². The van der Waals surface area contributed by atoms with E-state index in [1.54, 1.807) is 13.0 Å². The molecular weight excluding hydrogens is 232 g/mol. The van der Waals surface area contributed by atoms with Crippen molar-refractivity contribution in [2.45, 2.75) is 30.1 Å². The lowest BCUT2D eigenvalue weighted by Crippen LogP contribution is -2.01. The van der Waals surface area contributed by atoms with Crippen LogP contribution in [0.25, 0.3) is 0 Å². The third kappa shape index (κ3) is 3.68. The Balaban J connectivity index is 2.83. The van der Waals surface area contributed by atoms with Gasteiger partial charge in [-0.05, 0) is 24.6 Å². The highest BCUT2D eigenvalue weighted by Crippen LogP contribution is 2.32. The Morgan fingerprint density at radius 3 is 2.53 bits per heavy atom. The van der Waals surface area contributed by atoms with Crippen LogP contribution < -0.4 is 0 Å². The average molecular weight is 247 g/mol. The summed E-state index contributed by atoms with van der Waals surface area (Å²) in [5.74, 6) is 0. The van der Waals surface area contributed by atoms with Crippen molar-refractivity contribution in [1.29, 1.82) is 0 Å². The Labute approximate surface area is 99.3 Å². The molecule has 0 heterocycles. The highest BCUT2D eigenvalue weighted by Gasteiger charge is 2.09. The van der Waals surface area contributed by atoms with Crippen LogP contribution >= 0.6 is 23.4 Å². The summed E-state index contributed by atoms with van der Waals surface area (Å²) in [6, 6.07) is 5.49. The van der Waals surface area contributed by atoms with Gasteiger partial charge >= 0.3 is 0 Å². The van der Waals surface area contributed by atoms with E-state index in [4.69, 9.17) is 16.7 Å². The monoisotopic (exact) mass is 246 g/mol. The molecule has 1 rings (SSSR count). The first-order chi connectivity index (χ1) is 7.04. The van der Waals surface area contributed by atoms with Crippen molar-refractivity contribution >= 4 is 23.4 Å². The SMILES string of the molecule is CC(CO)Sc1ccc(C(C)O)cc1Cl. The minimum atomic E-state index is -0.503. The fourth-order valence-electron chi connectivity index (χ4n) is 1.13. The lowest BCUT2D eigenvalue weighted by molar-refractivity contribution is 0.199. The lowest BCUT2D eigenvalue weighted by Gasteiger charge is -2.11. The molecule has 0 bridgehead atoms. The summed E-state index contributed by atoms with van der Waals surface area (Å²) < 4.78 is 0. The second-order valence-corrected chi connectivity index (χ2v) is 5.36. The van der Waals surface area contributed by atoms with Crippen LogP contribution in [0.15, 0.2) is 23.1 Å². The number of thioether (sulfide) groups is 1. The van der Waals surface area contributed by atoms with Gasteiger partial charge in [-0.25, -0.2) is 0 Å². The number of benzene rings is 1. The third-order valence-corrected chi connectivity index (χ3v) is 3.61. The minimum Gasteiger partial charge on any atom is -0.395 e. The first kappa shape index (κ1) is 12.8. The zero-order chi connectivity index (χ0) is 11.4. The number of halogens is 1. The van der Waals surface area contributed by atoms with Crippen molar-refractivity contribution in [3.05, 3.63) is 28.8 Å². The van der Waals surface area contributed by atoms with E-state index in [1.807, 2.05) is 19.1 Å². The third-order valence-electron chi connectivity index (χ3n) is 2.02. The van der Waals surface area contributed by atoms with E-state index < -0.39 is 6.10 Å². The molecule has 0 aliphatic rings. The summed E-state index contributed by atoms with van der Waals surface area (Å²) in [6.45, 7) is 3.76. The molecule has 0 saturated heterocycles. The summed E-state index contributed by atoms with van der Waals surface area (Å²) in [4.78, 5) is 0.933. The van der Waals surface area contributed by atoms with Gasteiger partial charge in [0.05, 0.1) is 17.7 Å². The summed E-state index contributed by atoms with van der Waals surface area (Å²) in [6.07, 6.45) is -0.503. The molecule has 0 saturated carbocycles. The lowest BCUT2D eigenvalue weighted by atomic mass is 10.1. The van der Waals surface area contributed by atoms with Crippen molar-refractivity contribution in [3.8, 4) is 0 Å². The average Bonchev–Trinajstić information content (AvgIpc) is 2.20. The van der Waals surface area contributed by atoms with E-state index in [0.29, 0.717) is 5.02 Å². The topological polar surface area (TPSA) is 40.5 Å². The molecule has 84 valence electrons. The minimum absolute atomic E-state index is 0.124. The van der Waals surface area contributed by atoms with Gasteiger partial charge in [0.1, 0.15) is 0 Å². The molecule has 1 aromatic carbocycles. The standard InChI is InChI=1S/C11H15ClO2S/c1-7(6-13)15-11-4-3-9(8(2)14)5-10(11)12/h3-5,7-8,13-14H,6H2,1-2H3. The maximum atomic E-state index is 9.36. The van der Waals surface area contributed by atoms with Gasteiger partial charge in [0, 0.05) is 10.1 Å². The molecule has 2 unspecified atom stereocenters. The second-order valence-electron chi connectivity index (χ2n) is 3.48. The van der Waals surface area contributed by atoms with Crippen LogP contribution in [0.1, 0.15) is 25.5 Å². The Bertz CT molecular complexity index is 328. The largest absolute Gasteiger partial charge is 0.395 e. The Hall–Kier alpha value is -0.220. The molecule has 0 fully saturated rings. The number of aliphatic hydroxyl groups excluding tert-OH is 2. The summed E-state index contributed by atoms with van der Waals surface area (Å²) in [5.41, 5.74) is 0.806. The van der Waals surface area contributed by atoms with E-state index in [-0.39, 0.29) is 11.9 Å². The molecule has 4 heteroatoms. The van der Waals surface area contributed by atoms with Crippen molar-refractivity contribution < 1.29 is 10.2 Å². The van der Waals surface area contributed by atoms with Crippen molar-refractivity contribution in [2.75, 3.05) is 6.61 Å². The molecule has 15 heavy (non-hydrogen) atoms. The Morgan fingerprint density at radius 1 is 1.40 bits per heavy atom. The molecule has 0 amide bonds. The van der Waals surface area contributed by atoms with Gasteiger partial charge in [-0.2, -0.15) is 0 Å². The van der Waals surface area contributed by atoms with E-state index >= 15 is 0 Å². The molecule has 2 nitrogen and oxygen atoms in total. The van der Waals surface area contributed by atoms with E-state index in [2.05, 4.69) is 0 Å². The molecule has 0 aliphatic carbocycles. The molecule has 1 aromatic rings. The predicted molar refractivity (Wildman–Crippen MR) is 64.5 cm³/mol. The van der Waals surface area contributed by atoms with E-state index in [0.717, 1.165) is 10.5 Å². The van der Waals surface area contributed by atoms with Crippen LogP contribution in [0.5, 0.6) is 0 Å². The summed E-state index contributed by atoms with van der Waals surface area (Å²) >= 11 is 7.59. The van der Waals surface area contributed by atoms with Crippen LogP contribution in [-0.4, -0.2) is 22.1 Å². The fourth-order valence-corrected chi connectivity index (χ4v) is 2.28. The van der Waals surface area contributed by atoms with Crippen LogP contribution in [0.3, 0.4) is 0 Å². The number of aliphatic hydroxyl groups is 2. The second kappa shape index (κ2) is 5.75. The zero-order valence-corrected chi connectivity index (χ0v) is 10.3. The molecule has 2 atom stereocenters. The Morgan fingerprint density at radius 2 is 2.07 bits per heavy atom. The smallest absolute Gasteiger partial charge is 0.0762 e. The van der Waals surface area contributed by atoms with Gasteiger partial charge in [0.15, 0.2) is 0 Å². The predicted octanol–water partition coefficient (Wildman–Crippen LogP) is 2.87. The number of hydrogen-bond donors (Lipinski definition) is 2. The fraction of sp³-hybridized carbons (Fsp3) is 0.455. The van der Waals surface area contributed by atoms with Gasteiger partial charge in [-0.3, -0.25) is 0 Å². The molecule has 0 aromatic heterocycles. The van der Waals surface area contributed by atoms with Crippen molar-refractivity contribution in [2.24, 2.45) is 0 Å². The van der Waals surface area contributed by atoms with Gasteiger partial charge in [0.25, 0.3) is 0 Å². The van der Waals surface area contributed by atoms with Gasteiger partial charge in [-0.1, -0.05) is 24.6 Å². The molecule has 0 spiro atoms. The van der Waals surface area contributed by atoms with E-state index in [1.165, 1.54) is 11.8 Å². The maximum Gasteiger partial charge on any atom is 0.0762 e. The highest BCUT2D eigenvalue weighted by atomic mass is 35.5. The summed E-state index contributed by atoms with van der Waals surface area (Å²) in [5, 5.41) is 19.0.